The van der Waals surface area contributed by atoms with Crippen molar-refractivity contribution >= 4 is 22.5 Å². The number of aliphatic hydroxyl groups excluding tert-OH is 1. The molecule has 0 aliphatic carbocycles. The van der Waals surface area contributed by atoms with Gasteiger partial charge in [0.15, 0.2) is 0 Å². The normalized spacial score (nSPS) is 13.2. The van der Waals surface area contributed by atoms with Gasteiger partial charge in [-0.25, -0.2) is 0 Å². The highest BCUT2D eigenvalue weighted by Crippen LogP contribution is 2.26. The van der Waals surface area contributed by atoms with Crippen LogP contribution >= 0.6 is 11.6 Å². The lowest BCUT2D eigenvalue weighted by molar-refractivity contribution is 0.251. The van der Waals surface area contributed by atoms with E-state index >= 15 is 0 Å². The summed E-state index contributed by atoms with van der Waals surface area (Å²) in [5.74, 6) is 0. The maximum Gasteiger partial charge on any atom is 0.0705 e. The van der Waals surface area contributed by atoms with Gasteiger partial charge in [-0.3, -0.25) is 0 Å². The van der Waals surface area contributed by atoms with Gasteiger partial charge in [-0.1, -0.05) is 29.8 Å². The zero-order chi connectivity index (χ0) is 11.5. The number of hydrogen-bond acceptors (Lipinski definition) is 2. The minimum atomic E-state index is 0.0717. The van der Waals surface area contributed by atoms with Gasteiger partial charge in [0.2, 0.25) is 0 Å². The molecule has 0 aliphatic heterocycles. The Kier molecular flexibility index (Phi) is 3.49. The SMILES string of the molecule is C[C@H](CO)NCc1[nH]c2ccccc2c1Cl. The third-order valence-corrected chi connectivity index (χ3v) is 3.05. The van der Waals surface area contributed by atoms with E-state index in [1.54, 1.807) is 0 Å². The predicted octanol–water partition coefficient (Wildman–Crippen LogP) is 2.29. The zero-order valence-corrected chi connectivity index (χ0v) is 9.88. The minimum absolute atomic E-state index is 0.0717. The Morgan fingerprint density at radius 2 is 2.19 bits per heavy atom. The molecular weight excluding hydrogens is 224 g/mol. The highest BCUT2D eigenvalue weighted by molar-refractivity contribution is 6.36. The summed E-state index contributed by atoms with van der Waals surface area (Å²) >= 11 is 6.25. The first-order valence-corrected chi connectivity index (χ1v) is 5.69. The summed E-state index contributed by atoms with van der Waals surface area (Å²) in [6.07, 6.45) is 0. The molecule has 0 fully saturated rings. The molecule has 4 heteroatoms. The maximum absolute atomic E-state index is 8.92. The number of para-hydroxylation sites is 1. The number of H-pyrrole nitrogens is 1. The van der Waals surface area contributed by atoms with Crippen molar-refractivity contribution in [3.8, 4) is 0 Å². The molecule has 2 aromatic rings. The molecule has 0 saturated heterocycles. The third kappa shape index (κ3) is 2.21. The van der Waals surface area contributed by atoms with Crippen LogP contribution in [0.3, 0.4) is 0 Å². The Labute approximate surface area is 99.4 Å². The van der Waals surface area contributed by atoms with E-state index in [2.05, 4.69) is 10.3 Å². The van der Waals surface area contributed by atoms with Gasteiger partial charge in [-0.05, 0) is 13.0 Å². The molecule has 0 unspecified atom stereocenters. The Morgan fingerprint density at radius 1 is 1.44 bits per heavy atom. The van der Waals surface area contributed by atoms with Crippen molar-refractivity contribution in [2.75, 3.05) is 6.61 Å². The number of benzene rings is 1. The number of nitrogens with one attached hydrogen (secondary N) is 2. The standard InChI is InChI=1S/C12H15ClN2O/c1-8(7-16)14-6-11-12(13)9-4-2-3-5-10(9)15-11/h2-5,8,14-16H,6-7H2,1H3/t8-/m1/s1. The van der Waals surface area contributed by atoms with E-state index in [0.29, 0.717) is 6.54 Å². The molecule has 0 amide bonds. The van der Waals surface area contributed by atoms with Crippen molar-refractivity contribution in [1.82, 2.24) is 10.3 Å². The molecule has 1 aromatic heterocycles. The second-order valence-corrected chi connectivity index (χ2v) is 4.31. The minimum Gasteiger partial charge on any atom is -0.395 e. The fourth-order valence-electron chi connectivity index (χ4n) is 1.63. The number of aromatic amines is 1. The molecule has 3 nitrogen and oxygen atoms in total. The second kappa shape index (κ2) is 4.87. The molecule has 1 aromatic carbocycles. The molecule has 1 heterocycles. The average Bonchev–Trinajstić information content (AvgIpc) is 2.64. The zero-order valence-electron chi connectivity index (χ0n) is 9.13. The molecule has 16 heavy (non-hydrogen) atoms. The molecule has 3 N–H and O–H groups in total. The van der Waals surface area contributed by atoms with Crippen molar-refractivity contribution in [2.45, 2.75) is 19.5 Å². The van der Waals surface area contributed by atoms with Crippen molar-refractivity contribution in [3.63, 3.8) is 0 Å². The predicted molar refractivity (Wildman–Crippen MR) is 66.7 cm³/mol. The van der Waals surface area contributed by atoms with Crippen molar-refractivity contribution < 1.29 is 5.11 Å². The van der Waals surface area contributed by atoms with Crippen molar-refractivity contribution in [1.29, 1.82) is 0 Å². The summed E-state index contributed by atoms with van der Waals surface area (Å²) in [5, 5.41) is 13.9. The summed E-state index contributed by atoms with van der Waals surface area (Å²) in [7, 11) is 0. The second-order valence-electron chi connectivity index (χ2n) is 3.93. The highest BCUT2D eigenvalue weighted by atomic mass is 35.5. The number of hydrogen-bond donors (Lipinski definition) is 3. The lowest BCUT2D eigenvalue weighted by atomic mass is 10.2. The molecule has 0 saturated carbocycles. The van der Waals surface area contributed by atoms with Crippen molar-refractivity contribution in [2.24, 2.45) is 0 Å². The van der Waals surface area contributed by atoms with E-state index in [9.17, 15) is 0 Å². The van der Waals surface area contributed by atoms with Crippen molar-refractivity contribution in [3.05, 3.63) is 35.0 Å². The first kappa shape index (κ1) is 11.5. The van der Waals surface area contributed by atoms with Gasteiger partial charge in [-0.15, -0.1) is 0 Å². The molecule has 86 valence electrons. The molecule has 1 atom stereocenters. The van der Waals surface area contributed by atoms with Crippen LogP contribution in [0.5, 0.6) is 0 Å². The molecule has 0 bridgehead atoms. The summed E-state index contributed by atoms with van der Waals surface area (Å²) in [6, 6.07) is 8.01. The number of aromatic nitrogens is 1. The Hall–Kier alpha value is -1.03. The average molecular weight is 239 g/mol. The van der Waals surface area contributed by atoms with Gasteiger partial charge in [0.1, 0.15) is 0 Å². The van der Waals surface area contributed by atoms with E-state index in [1.165, 1.54) is 0 Å². The number of aliphatic hydroxyl groups is 1. The van der Waals surface area contributed by atoms with Crippen LogP contribution in [0, 0.1) is 0 Å². The summed E-state index contributed by atoms with van der Waals surface area (Å²) in [6.45, 7) is 2.68. The van der Waals surface area contributed by atoms with E-state index in [1.807, 2.05) is 31.2 Å². The van der Waals surface area contributed by atoms with E-state index in [-0.39, 0.29) is 12.6 Å². The lowest BCUT2D eigenvalue weighted by Crippen LogP contribution is -2.28. The van der Waals surface area contributed by atoms with E-state index in [4.69, 9.17) is 16.7 Å². The summed E-state index contributed by atoms with van der Waals surface area (Å²) in [5.41, 5.74) is 2.00. The monoisotopic (exact) mass is 238 g/mol. The fraction of sp³-hybridized carbons (Fsp3) is 0.333. The highest BCUT2D eigenvalue weighted by Gasteiger charge is 2.09. The van der Waals surface area contributed by atoms with Crippen LogP contribution in [-0.2, 0) is 6.54 Å². The number of halogens is 1. The van der Waals surface area contributed by atoms with Gasteiger partial charge >= 0.3 is 0 Å². The topological polar surface area (TPSA) is 48.0 Å². The van der Waals surface area contributed by atoms with E-state index in [0.717, 1.165) is 21.6 Å². The first-order chi connectivity index (χ1) is 7.72. The van der Waals surface area contributed by atoms with Crippen LogP contribution in [0.4, 0.5) is 0 Å². The van der Waals surface area contributed by atoms with Gasteiger partial charge in [0, 0.05) is 29.2 Å². The smallest absolute Gasteiger partial charge is 0.0705 e. The summed E-state index contributed by atoms with van der Waals surface area (Å²) in [4.78, 5) is 3.27. The van der Waals surface area contributed by atoms with Gasteiger partial charge in [-0.2, -0.15) is 0 Å². The van der Waals surface area contributed by atoms with Crippen LogP contribution in [0.2, 0.25) is 5.02 Å². The van der Waals surface area contributed by atoms with Crippen LogP contribution in [0.1, 0.15) is 12.6 Å². The maximum atomic E-state index is 8.92. The molecule has 0 radical (unpaired) electrons. The van der Waals surface area contributed by atoms with Crippen LogP contribution in [0.15, 0.2) is 24.3 Å². The van der Waals surface area contributed by atoms with Gasteiger partial charge in [0.05, 0.1) is 11.6 Å². The van der Waals surface area contributed by atoms with Crippen LogP contribution < -0.4 is 5.32 Å². The van der Waals surface area contributed by atoms with E-state index < -0.39 is 0 Å². The Balaban J connectivity index is 2.21. The lowest BCUT2D eigenvalue weighted by Gasteiger charge is -2.09. The quantitative estimate of drug-likeness (QED) is 0.766. The molecule has 0 spiro atoms. The molecule has 0 aliphatic rings. The van der Waals surface area contributed by atoms with Gasteiger partial charge < -0.3 is 15.4 Å². The summed E-state index contributed by atoms with van der Waals surface area (Å²) < 4.78 is 0. The Bertz CT molecular complexity index is 481. The Morgan fingerprint density at radius 3 is 2.88 bits per heavy atom. The fourth-order valence-corrected chi connectivity index (χ4v) is 1.91. The number of fused-ring (bicyclic) bond motifs is 1. The number of rotatable bonds is 4. The van der Waals surface area contributed by atoms with Crippen LogP contribution in [0.25, 0.3) is 10.9 Å². The molecular formula is C12H15ClN2O. The van der Waals surface area contributed by atoms with Crippen LogP contribution in [-0.4, -0.2) is 22.7 Å². The third-order valence-electron chi connectivity index (χ3n) is 2.62. The largest absolute Gasteiger partial charge is 0.395 e. The molecule has 2 rings (SSSR count). The van der Waals surface area contributed by atoms with Gasteiger partial charge in [0.25, 0.3) is 0 Å². The first-order valence-electron chi connectivity index (χ1n) is 5.31.